The number of hydrogen-bond donors (Lipinski definition) is 2. The third kappa shape index (κ3) is 6.85. The number of likely N-dealkylation sites (N-methyl/N-ethyl adjacent to an activating group) is 1. The van der Waals surface area contributed by atoms with Gasteiger partial charge >= 0.3 is 45.8 Å². The Hall–Kier alpha value is -1.30. The number of anilines is 2. The summed E-state index contributed by atoms with van der Waals surface area (Å²) in [5.41, 5.74) is 1.77. The molecular formula is C20H30ClN6NaO3S. The summed E-state index contributed by atoms with van der Waals surface area (Å²) in [6, 6.07) is 4.00. The number of halogens is 1. The molecule has 172 valence electrons. The van der Waals surface area contributed by atoms with E-state index in [1.54, 1.807) is 25.4 Å². The van der Waals surface area contributed by atoms with E-state index in [1.807, 2.05) is 27.0 Å². The van der Waals surface area contributed by atoms with Crippen molar-refractivity contribution in [2.45, 2.75) is 38.6 Å². The zero-order valence-corrected chi connectivity index (χ0v) is 19.7. The van der Waals surface area contributed by atoms with Crippen LogP contribution in [-0.4, -0.2) is 84.9 Å². The number of aryl methyl sites for hydroxylation is 1. The number of amides is 2. The Kier molecular flexibility index (Phi) is 9.45. The summed E-state index contributed by atoms with van der Waals surface area (Å²) in [6.45, 7) is 5.47. The van der Waals surface area contributed by atoms with Crippen molar-refractivity contribution < 1.29 is 13.2 Å². The fourth-order valence-electron chi connectivity index (χ4n) is 3.74. The molecule has 9 nitrogen and oxygen atoms in total. The van der Waals surface area contributed by atoms with Crippen molar-refractivity contribution in [1.82, 2.24) is 19.4 Å². The molecule has 2 amide bonds. The molecule has 1 aromatic heterocycles. The number of nitrogens with one attached hydrogen (secondary N) is 2. The van der Waals surface area contributed by atoms with Crippen LogP contribution in [0.2, 0.25) is 5.02 Å². The van der Waals surface area contributed by atoms with E-state index in [0.717, 1.165) is 18.5 Å². The van der Waals surface area contributed by atoms with Gasteiger partial charge in [-0.3, -0.25) is 4.68 Å². The summed E-state index contributed by atoms with van der Waals surface area (Å²) in [4.78, 5) is 14.7. The molecule has 2 N–H and O–H groups in total. The second kappa shape index (κ2) is 11.2. The second-order valence-corrected chi connectivity index (χ2v) is 10.2. The van der Waals surface area contributed by atoms with E-state index in [1.165, 1.54) is 15.2 Å². The average molecular weight is 493 g/mol. The summed E-state index contributed by atoms with van der Waals surface area (Å²) in [6.07, 6.45) is 4.66. The predicted octanol–water partition coefficient (Wildman–Crippen LogP) is 2.52. The van der Waals surface area contributed by atoms with Crippen molar-refractivity contribution in [2.24, 2.45) is 7.05 Å². The number of rotatable bonds is 6. The van der Waals surface area contributed by atoms with Gasteiger partial charge in [-0.15, -0.1) is 0 Å². The van der Waals surface area contributed by atoms with Gasteiger partial charge < -0.3 is 10.2 Å². The van der Waals surface area contributed by atoms with Gasteiger partial charge in [0.1, 0.15) is 0 Å². The molecule has 1 aliphatic heterocycles. The molecule has 1 aromatic carbocycles. The Bertz CT molecular complexity index is 1050. The molecule has 3 rings (SSSR count). The maximum absolute atomic E-state index is 13.3. The molecule has 0 radical (unpaired) electrons. The van der Waals surface area contributed by atoms with Crippen molar-refractivity contribution in [3.63, 3.8) is 0 Å². The average Bonchev–Trinajstić information content (AvgIpc) is 3.06. The second-order valence-electron chi connectivity index (χ2n) is 8.22. The quantitative estimate of drug-likeness (QED) is 0.604. The van der Waals surface area contributed by atoms with Gasteiger partial charge in [0.25, 0.3) is 0 Å². The van der Waals surface area contributed by atoms with Gasteiger partial charge in [0.2, 0.25) is 0 Å². The summed E-state index contributed by atoms with van der Waals surface area (Å²) in [7, 11) is -0.517. The topological polar surface area (TPSA) is 99.6 Å². The van der Waals surface area contributed by atoms with Gasteiger partial charge in [-0.2, -0.15) is 13.5 Å². The minimum absolute atomic E-state index is 0. The first-order chi connectivity index (χ1) is 14.5. The fraction of sp³-hybridized carbons (Fsp3) is 0.500. The van der Waals surface area contributed by atoms with Crippen LogP contribution in [0.3, 0.4) is 0 Å². The number of carbonyl (C=O) groups is 1. The monoisotopic (exact) mass is 492 g/mol. The molecule has 1 atom stereocenters. The first kappa shape index (κ1) is 26.9. The molecule has 1 unspecified atom stereocenters. The predicted molar refractivity (Wildman–Crippen MR) is 130 cm³/mol. The number of aromatic nitrogens is 2. The molecular weight excluding hydrogens is 463 g/mol. The van der Waals surface area contributed by atoms with Crippen LogP contribution in [0.1, 0.15) is 38.2 Å². The number of urea groups is 1. The van der Waals surface area contributed by atoms with Crippen LogP contribution in [0, 0.1) is 0 Å². The Balaban J connectivity index is 0.00000363. The van der Waals surface area contributed by atoms with E-state index in [4.69, 9.17) is 11.6 Å². The summed E-state index contributed by atoms with van der Waals surface area (Å²) in [5, 5.41) is 7.15. The van der Waals surface area contributed by atoms with Gasteiger partial charge in [-0.05, 0) is 56.1 Å². The molecule has 32 heavy (non-hydrogen) atoms. The van der Waals surface area contributed by atoms with Crippen LogP contribution in [0.15, 0.2) is 30.6 Å². The molecule has 2 heterocycles. The Morgan fingerprint density at radius 3 is 2.59 bits per heavy atom. The van der Waals surface area contributed by atoms with Gasteiger partial charge in [-0.1, -0.05) is 25.4 Å². The molecule has 1 aliphatic rings. The fourth-order valence-corrected chi connectivity index (χ4v) is 5.30. The van der Waals surface area contributed by atoms with Crippen LogP contribution < -0.4 is 14.3 Å². The van der Waals surface area contributed by atoms with Crippen molar-refractivity contribution in [2.75, 3.05) is 29.8 Å². The van der Waals surface area contributed by atoms with Crippen LogP contribution >= 0.6 is 11.6 Å². The molecule has 0 saturated carbocycles. The van der Waals surface area contributed by atoms with Gasteiger partial charge in [-0.25, -0.2) is 13.8 Å². The number of nitrogens with zero attached hydrogens (tertiary/aromatic N) is 4. The first-order valence-corrected chi connectivity index (χ1v) is 12.0. The molecule has 0 aliphatic carbocycles. The SMILES string of the molecule is CC(C)c1cc(Cl)cc(NC(=O)NS(=O)(=O)N(c2cnn(C)c2)C2CCCN(C)C2)c1.[NaH]. The van der Waals surface area contributed by atoms with E-state index in [-0.39, 0.29) is 41.5 Å². The van der Waals surface area contributed by atoms with E-state index in [9.17, 15) is 13.2 Å². The van der Waals surface area contributed by atoms with E-state index >= 15 is 0 Å². The summed E-state index contributed by atoms with van der Waals surface area (Å²) in [5.74, 6) is 0.204. The zero-order valence-electron chi connectivity index (χ0n) is 18.2. The Labute approximate surface area is 216 Å². The van der Waals surface area contributed by atoms with Crippen LogP contribution in [-0.2, 0) is 17.3 Å². The Morgan fingerprint density at radius 1 is 1.28 bits per heavy atom. The van der Waals surface area contributed by atoms with Gasteiger partial charge in [0.15, 0.2) is 0 Å². The Morgan fingerprint density at radius 2 is 2.00 bits per heavy atom. The molecule has 2 aromatic rings. The third-order valence-corrected chi connectivity index (χ3v) is 6.89. The van der Waals surface area contributed by atoms with E-state index in [2.05, 4.69) is 20.0 Å². The van der Waals surface area contributed by atoms with Crippen molar-refractivity contribution in [3.05, 3.63) is 41.2 Å². The van der Waals surface area contributed by atoms with Crippen molar-refractivity contribution in [1.29, 1.82) is 0 Å². The number of benzene rings is 1. The van der Waals surface area contributed by atoms with Crippen LogP contribution in [0.4, 0.5) is 16.2 Å². The number of carbonyl (C=O) groups excluding carboxylic acids is 1. The third-order valence-electron chi connectivity index (χ3n) is 5.20. The zero-order chi connectivity index (χ0) is 22.8. The first-order valence-electron chi connectivity index (χ1n) is 10.2. The molecule has 12 heteroatoms. The summed E-state index contributed by atoms with van der Waals surface area (Å²) < 4.78 is 31.5. The van der Waals surface area contributed by atoms with E-state index < -0.39 is 16.2 Å². The molecule has 0 bridgehead atoms. The number of piperidine rings is 1. The number of likely N-dealkylation sites (tertiary alicyclic amines) is 1. The van der Waals surface area contributed by atoms with Crippen molar-refractivity contribution >= 4 is 68.8 Å². The summed E-state index contributed by atoms with van der Waals surface area (Å²) >= 11 is 6.15. The molecule has 0 spiro atoms. The molecule has 1 saturated heterocycles. The standard InChI is InChI=1S/C20H29ClN6O3S.Na.H/c1-14(2)15-8-16(21)10-17(9-15)23-20(28)24-31(29,30)27(19-11-22-26(4)13-19)18-6-5-7-25(3)12-18;;/h8-11,13-14,18H,5-7,12H2,1-4H3,(H2,23,24,28);;. The number of hydrogen-bond acceptors (Lipinski definition) is 5. The van der Waals surface area contributed by atoms with E-state index in [0.29, 0.717) is 29.4 Å². The van der Waals surface area contributed by atoms with Crippen molar-refractivity contribution in [3.8, 4) is 0 Å². The normalized spacial score (nSPS) is 17.0. The molecule has 1 fully saturated rings. The van der Waals surface area contributed by atoms with Gasteiger partial charge in [0.05, 0.1) is 17.9 Å². The maximum atomic E-state index is 13.3. The van der Waals surface area contributed by atoms with Crippen LogP contribution in [0.25, 0.3) is 0 Å². The van der Waals surface area contributed by atoms with Gasteiger partial charge in [0, 0.05) is 30.5 Å². The minimum atomic E-state index is -4.18. The van der Waals surface area contributed by atoms with Crippen LogP contribution in [0.5, 0.6) is 0 Å².